The van der Waals surface area contributed by atoms with E-state index in [9.17, 15) is 14.9 Å². The van der Waals surface area contributed by atoms with Gasteiger partial charge in [0.2, 0.25) is 0 Å². The van der Waals surface area contributed by atoms with Gasteiger partial charge in [0.15, 0.2) is 0 Å². The van der Waals surface area contributed by atoms with Crippen molar-refractivity contribution < 1.29 is 14.8 Å². The molecule has 1 aromatic carbocycles. The molecule has 6 heteroatoms. The summed E-state index contributed by atoms with van der Waals surface area (Å²) in [5.41, 5.74) is 0.973. The van der Waals surface area contributed by atoms with E-state index in [0.717, 1.165) is 5.56 Å². The Morgan fingerprint density at radius 2 is 2.11 bits per heavy atom. The Labute approximate surface area is 111 Å². The zero-order valence-electron chi connectivity index (χ0n) is 11.2. The number of nitrogens with zero attached hydrogens (tertiary/aromatic N) is 1. The van der Waals surface area contributed by atoms with Crippen LogP contribution in [0.1, 0.15) is 25.8 Å². The molecular weight excluding hydrogens is 248 g/mol. The van der Waals surface area contributed by atoms with Crippen LogP contribution in [0.15, 0.2) is 18.2 Å². The average molecular weight is 266 g/mol. The number of hydrogen-bond acceptors (Lipinski definition) is 4. The molecule has 0 fully saturated rings. The van der Waals surface area contributed by atoms with E-state index in [1.807, 2.05) is 13.8 Å². The lowest BCUT2D eigenvalue weighted by Gasteiger charge is -2.17. The van der Waals surface area contributed by atoms with Crippen LogP contribution in [0.4, 0.5) is 11.4 Å². The fourth-order valence-corrected chi connectivity index (χ4v) is 1.81. The van der Waals surface area contributed by atoms with Crippen molar-refractivity contribution in [1.82, 2.24) is 0 Å². The molecule has 1 aromatic rings. The van der Waals surface area contributed by atoms with Crippen molar-refractivity contribution >= 4 is 17.3 Å². The summed E-state index contributed by atoms with van der Waals surface area (Å²) in [5, 5.41) is 22.8. The van der Waals surface area contributed by atoms with Crippen molar-refractivity contribution in [2.45, 2.75) is 33.2 Å². The molecule has 0 aliphatic rings. The van der Waals surface area contributed by atoms with Gasteiger partial charge >= 0.3 is 5.97 Å². The number of aliphatic carboxylic acids is 1. The number of nitro groups is 1. The van der Waals surface area contributed by atoms with E-state index in [-0.39, 0.29) is 17.3 Å². The maximum Gasteiger partial charge on any atom is 0.326 e. The van der Waals surface area contributed by atoms with Crippen LogP contribution in [-0.4, -0.2) is 22.0 Å². The number of carboxylic acid groups (broad SMARTS) is 1. The highest BCUT2D eigenvalue weighted by Gasteiger charge is 2.22. The number of rotatable bonds is 6. The average Bonchev–Trinajstić information content (AvgIpc) is 2.26. The van der Waals surface area contributed by atoms with Crippen molar-refractivity contribution in [3.05, 3.63) is 33.9 Å². The van der Waals surface area contributed by atoms with Crippen molar-refractivity contribution in [1.29, 1.82) is 0 Å². The minimum atomic E-state index is -1.01. The molecule has 0 bridgehead atoms. The van der Waals surface area contributed by atoms with Crippen LogP contribution in [0.5, 0.6) is 0 Å². The smallest absolute Gasteiger partial charge is 0.326 e. The molecule has 0 aliphatic heterocycles. The van der Waals surface area contributed by atoms with Crippen LogP contribution in [0, 0.1) is 23.0 Å². The van der Waals surface area contributed by atoms with Crippen molar-refractivity contribution in [3.8, 4) is 0 Å². The van der Waals surface area contributed by atoms with Crippen LogP contribution < -0.4 is 5.32 Å². The summed E-state index contributed by atoms with van der Waals surface area (Å²) in [5.74, 6) is -0.832. The molecule has 2 N–H and O–H groups in total. The van der Waals surface area contributed by atoms with E-state index in [2.05, 4.69) is 5.32 Å². The first-order valence-electron chi connectivity index (χ1n) is 6.05. The summed E-state index contributed by atoms with van der Waals surface area (Å²) in [6, 6.07) is 3.77. The van der Waals surface area contributed by atoms with Crippen molar-refractivity contribution in [3.63, 3.8) is 0 Å². The molecule has 0 unspecified atom stereocenters. The predicted molar refractivity (Wildman–Crippen MR) is 72.3 cm³/mol. The predicted octanol–water partition coefficient (Wildman–Crippen LogP) is 2.81. The summed E-state index contributed by atoms with van der Waals surface area (Å²) in [6.07, 6.45) is 0.403. The fraction of sp³-hybridized carbons (Fsp3) is 0.462. The van der Waals surface area contributed by atoms with Gasteiger partial charge in [0, 0.05) is 6.07 Å². The van der Waals surface area contributed by atoms with Crippen LogP contribution >= 0.6 is 0 Å². The molecule has 0 saturated heterocycles. The monoisotopic (exact) mass is 266 g/mol. The lowest BCUT2D eigenvalue weighted by Crippen LogP contribution is -2.31. The van der Waals surface area contributed by atoms with E-state index in [4.69, 9.17) is 5.11 Å². The number of nitrogens with one attached hydrogen (secondary N) is 1. The zero-order chi connectivity index (χ0) is 14.6. The van der Waals surface area contributed by atoms with E-state index >= 15 is 0 Å². The highest BCUT2D eigenvalue weighted by atomic mass is 16.6. The number of carboxylic acids is 1. The second kappa shape index (κ2) is 6.17. The van der Waals surface area contributed by atoms with E-state index in [0.29, 0.717) is 6.42 Å². The Bertz CT molecular complexity index is 486. The minimum Gasteiger partial charge on any atom is -0.480 e. The Hall–Kier alpha value is -2.11. The molecule has 6 nitrogen and oxygen atoms in total. The standard InChI is InChI=1S/C13H18N2O4/c1-8(2)6-11(13(16)17)14-10-7-9(3)4-5-12(10)15(18)19/h4-5,7-8,11,14H,6H2,1-3H3,(H,16,17)/t11-/m1/s1. The number of aryl methyl sites for hydroxylation is 1. The number of anilines is 1. The van der Waals surface area contributed by atoms with Crippen LogP contribution in [0.2, 0.25) is 0 Å². The number of benzene rings is 1. The highest BCUT2D eigenvalue weighted by Crippen LogP contribution is 2.26. The molecule has 0 radical (unpaired) electrons. The molecule has 0 spiro atoms. The van der Waals surface area contributed by atoms with Gasteiger partial charge in [-0.3, -0.25) is 10.1 Å². The SMILES string of the molecule is Cc1ccc([N+](=O)[O-])c(N[C@H](CC(C)C)C(=O)O)c1. The molecule has 1 rings (SSSR count). The quantitative estimate of drug-likeness (QED) is 0.610. The Morgan fingerprint density at radius 1 is 1.47 bits per heavy atom. The number of carbonyl (C=O) groups is 1. The summed E-state index contributed by atoms with van der Waals surface area (Å²) < 4.78 is 0. The molecule has 104 valence electrons. The van der Waals surface area contributed by atoms with Gasteiger partial charge in [0.1, 0.15) is 11.7 Å². The second-order valence-corrected chi connectivity index (χ2v) is 4.94. The van der Waals surface area contributed by atoms with Gasteiger partial charge in [0.25, 0.3) is 5.69 Å². The summed E-state index contributed by atoms with van der Waals surface area (Å²) >= 11 is 0. The van der Waals surface area contributed by atoms with Gasteiger partial charge in [-0.15, -0.1) is 0 Å². The van der Waals surface area contributed by atoms with Crippen LogP contribution in [0.25, 0.3) is 0 Å². The van der Waals surface area contributed by atoms with Crippen molar-refractivity contribution in [2.75, 3.05) is 5.32 Å². The molecule has 0 heterocycles. The van der Waals surface area contributed by atoms with Gasteiger partial charge in [-0.1, -0.05) is 19.9 Å². The first kappa shape index (κ1) is 14.9. The van der Waals surface area contributed by atoms with Crippen molar-refractivity contribution in [2.24, 2.45) is 5.92 Å². The minimum absolute atomic E-state index is 0.111. The molecular formula is C13H18N2O4. The zero-order valence-corrected chi connectivity index (χ0v) is 11.2. The number of nitro benzene ring substituents is 1. The van der Waals surface area contributed by atoms with E-state index < -0.39 is 16.9 Å². The first-order chi connectivity index (χ1) is 8.81. The normalized spacial score (nSPS) is 12.2. The maximum absolute atomic E-state index is 11.2. The Kier molecular flexibility index (Phi) is 4.86. The van der Waals surface area contributed by atoms with Gasteiger partial charge in [-0.25, -0.2) is 4.79 Å². The first-order valence-corrected chi connectivity index (χ1v) is 6.05. The van der Waals surface area contributed by atoms with Gasteiger partial charge in [-0.2, -0.15) is 0 Å². The van der Waals surface area contributed by atoms with E-state index in [1.165, 1.54) is 6.07 Å². The third-order valence-electron chi connectivity index (χ3n) is 2.68. The topological polar surface area (TPSA) is 92.5 Å². The third kappa shape index (κ3) is 4.24. The van der Waals surface area contributed by atoms with Gasteiger partial charge in [0.05, 0.1) is 4.92 Å². The summed E-state index contributed by atoms with van der Waals surface area (Å²) in [6.45, 7) is 5.61. The maximum atomic E-state index is 11.2. The largest absolute Gasteiger partial charge is 0.480 e. The van der Waals surface area contributed by atoms with Crippen LogP contribution in [-0.2, 0) is 4.79 Å². The molecule has 0 saturated carbocycles. The van der Waals surface area contributed by atoms with E-state index in [1.54, 1.807) is 19.1 Å². The Balaban J connectivity index is 3.04. The molecule has 0 amide bonds. The molecule has 0 aromatic heterocycles. The summed E-state index contributed by atoms with van der Waals surface area (Å²) in [7, 11) is 0. The lowest BCUT2D eigenvalue weighted by atomic mass is 10.0. The van der Waals surface area contributed by atoms with Crippen LogP contribution in [0.3, 0.4) is 0 Å². The summed E-state index contributed by atoms with van der Waals surface area (Å²) in [4.78, 5) is 21.6. The Morgan fingerprint density at radius 3 is 2.58 bits per heavy atom. The van der Waals surface area contributed by atoms with Gasteiger partial charge < -0.3 is 10.4 Å². The second-order valence-electron chi connectivity index (χ2n) is 4.94. The third-order valence-corrected chi connectivity index (χ3v) is 2.68. The number of hydrogen-bond donors (Lipinski definition) is 2. The molecule has 19 heavy (non-hydrogen) atoms. The molecule has 0 aliphatic carbocycles. The lowest BCUT2D eigenvalue weighted by molar-refractivity contribution is -0.384. The highest BCUT2D eigenvalue weighted by molar-refractivity contribution is 5.79. The van der Waals surface area contributed by atoms with Gasteiger partial charge in [-0.05, 0) is 30.9 Å². The fourth-order valence-electron chi connectivity index (χ4n) is 1.81. The molecule has 1 atom stereocenters.